The van der Waals surface area contributed by atoms with Crippen molar-refractivity contribution in [3.8, 4) is 0 Å². The van der Waals surface area contributed by atoms with E-state index in [4.69, 9.17) is 0 Å². The van der Waals surface area contributed by atoms with E-state index in [2.05, 4.69) is 38.2 Å². The van der Waals surface area contributed by atoms with Gasteiger partial charge in [-0.05, 0) is 54.3 Å². The third-order valence-corrected chi connectivity index (χ3v) is 3.67. The minimum Gasteiger partial charge on any atom is -0.352 e. The Kier molecular flexibility index (Phi) is 4.72. The normalized spacial score (nSPS) is 20.7. The van der Waals surface area contributed by atoms with Crippen LogP contribution >= 0.6 is 15.9 Å². The first-order valence-corrected chi connectivity index (χ1v) is 7.02. The van der Waals surface area contributed by atoms with Crippen molar-refractivity contribution in [3.63, 3.8) is 0 Å². The summed E-state index contributed by atoms with van der Waals surface area (Å²) in [4.78, 5) is 18.3. The molecular formula is C13H18BrN3O. The second-order valence-electron chi connectivity index (χ2n) is 4.87. The molecule has 2 heterocycles. The van der Waals surface area contributed by atoms with Crippen LogP contribution in [0.3, 0.4) is 0 Å². The average Bonchev–Trinajstić information content (AvgIpc) is 2.36. The molecule has 4 nitrogen and oxygen atoms in total. The predicted molar refractivity (Wildman–Crippen MR) is 74.5 cm³/mol. The monoisotopic (exact) mass is 311 g/mol. The van der Waals surface area contributed by atoms with Gasteiger partial charge in [-0.3, -0.25) is 9.78 Å². The number of amides is 1. The lowest BCUT2D eigenvalue weighted by Gasteiger charge is -2.29. The average molecular weight is 312 g/mol. The van der Waals surface area contributed by atoms with Gasteiger partial charge in [0.2, 0.25) is 0 Å². The molecule has 2 rings (SSSR count). The van der Waals surface area contributed by atoms with E-state index in [1.165, 1.54) is 19.4 Å². The summed E-state index contributed by atoms with van der Waals surface area (Å²) in [6.45, 7) is 2.98. The Labute approximate surface area is 116 Å². The van der Waals surface area contributed by atoms with Crippen molar-refractivity contribution in [2.75, 3.05) is 26.7 Å². The lowest BCUT2D eigenvalue weighted by molar-refractivity contribution is 0.0936. The number of nitrogens with one attached hydrogen (secondary N) is 1. The summed E-state index contributed by atoms with van der Waals surface area (Å²) in [6, 6.07) is 1.79. The molecule has 1 N–H and O–H groups in total. The number of piperidine rings is 1. The van der Waals surface area contributed by atoms with E-state index in [-0.39, 0.29) is 5.91 Å². The molecule has 0 bridgehead atoms. The largest absolute Gasteiger partial charge is 0.352 e. The van der Waals surface area contributed by atoms with Crippen LogP contribution in [0.1, 0.15) is 23.2 Å². The minimum absolute atomic E-state index is 0.0444. The Bertz CT molecular complexity index is 424. The van der Waals surface area contributed by atoms with Gasteiger partial charge in [0.05, 0.1) is 5.56 Å². The fourth-order valence-corrected chi connectivity index (χ4v) is 2.68. The highest BCUT2D eigenvalue weighted by Crippen LogP contribution is 2.14. The van der Waals surface area contributed by atoms with Crippen molar-refractivity contribution in [3.05, 3.63) is 28.5 Å². The molecule has 5 heteroatoms. The number of pyridine rings is 1. The maximum atomic E-state index is 11.9. The summed E-state index contributed by atoms with van der Waals surface area (Å²) in [7, 11) is 2.13. The highest BCUT2D eigenvalue weighted by molar-refractivity contribution is 9.10. The Balaban J connectivity index is 1.84. The molecule has 1 aromatic heterocycles. The Morgan fingerprint density at radius 1 is 1.61 bits per heavy atom. The van der Waals surface area contributed by atoms with Gasteiger partial charge in [0.1, 0.15) is 0 Å². The van der Waals surface area contributed by atoms with E-state index in [0.717, 1.165) is 17.6 Å². The zero-order valence-electron chi connectivity index (χ0n) is 10.5. The number of nitrogens with zero attached hydrogens (tertiary/aromatic N) is 2. The molecule has 98 valence electrons. The summed E-state index contributed by atoms with van der Waals surface area (Å²) in [5, 5.41) is 2.99. The third-order valence-electron chi connectivity index (χ3n) is 3.24. The molecule has 0 spiro atoms. The number of carbonyl (C=O) groups excluding carboxylic acids is 1. The molecule has 1 aromatic rings. The van der Waals surface area contributed by atoms with E-state index in [1.54, 1.807) is 18.5 Å². The van der Waals surface area contributed by atoms with Crippen LogP contribution < -0.4 is 5.32 Å². The number of halogens is 1. The van der Waals surface area contributed by atoms with Gasteiger partial charge in [0.15, 0.2) is 0 Å². The van der Waals surface area contributed by atoms with Gasteiger partial charge in [0.25, 0.3) is 5.91 Å². The van der Waals surface area contributed by atoms with E-state index in [0.29, 0.717) is 11.5 Å². The Morgan fingerprint density at radius 2 is 2.44 bits per heavy atom. The molecule has 0 saturated carbocycles. The van der Waals surface area contributed by atoms with Crippen LogP contribution in [0.25, 0.3) is 0 Å². The minimum atomic E-state index is -0.0444. The van der Waals surface area contributed by atoms with E-state index in [1.807, 2.05) is 0 Å². The maximum Gasteiger partial charge on any atom is 0.252 e. The standard InChI is InChI=1S/C13H18BrN3O/c1-17-4-2-3-10(9-17)6-16-13(18)11-5-12(14)8-15-7-11/h5,7-8,10H,2-4,6,9H2,1H3,(H,16,18). The molecule has 1 atom stereocenters. The summed E-state index contributed by atoms with van der Waals surface area (Å²) in [5.74, 6) is 0.518. The van der Waals surface area contributed by atoms with Gasteiger partial charge in [-0.2, -0.15) is 0 Å². The first kappa shape index (κ1) is 13.5. The van der Waals surface area contributed by atoms with Crippen molar-refractivity contribution < 1.29 is 4.79 Å². The van der Waals surface area contributed by atoms with Gasteiger partial charge in [0, 0.05) is 30.0 Å². The van der Waals surface area contributed by atoms with Crippen molar-refractivity contribution in [1.82, 2.24) is 15.2 Å². The highest BCUT2D eigenvalue weighted by Gasteiger charge is 2.18. The number of rotatable bonds is 3. The van der Waals surface area contributed by atoms with Crippen LogP contribution in [-0.4, -0.2) is 42.5 Å². The van der Waals surface area contributed by atoms with Gasteiger partial charge in [-0.25, -0.2) is 0 Å². The van der Waals surface area contributed by atoms with Crippen LogP contribution in [0.5, 0.6) is 0 Å². The smallest absolute Gasteiger partial charge is 0.252 e. The van der Waals surface area contributed by atoms with Gasteiger partial charge in [-0.1, -0.05) is 0 Å². The van der Waals surface area contributed by atoms with Crippen molar-refractivity contribution in [1.29, 1.82) is 0 Å². The molecule has 1 saturated heterocycles. The second kappa shape index (κ2) is 6.29. The summed E-state index contributed by atoms with van der Waals surface area (Å²) in [5.41, 5.74) is 0.605. The lowest BCUT2D eigenvalue weighted by atomic mass is 9.98. The van der Waals surface area contributed by atoms with Crippen LogP contribution in [0, 0.1) is 5.92 Å². The van der Waals surface area contributed by atoms with E-state index >= 15 is 0 Å². The summed E-state index contributed by atoms with van der Waals surface area (Å²) < 4.78 is 0.826. The molecule has 1 amide bonds. The number of hydrogen-bond acceptors (Lipinski definition) is 3. The van der Waals surface area contributed by atoms with Gasteiger partial charge in [-0.15, -0.1) is 0 Å². The van der Waals surface area contributed by atoms with Crippen LogP contribution in [0.15, 0.2) is 22.9 Å². The Hall–Kier alpha value is -0.940. The van der Waals surface area contributed by atoms with Crippen molar-refractivity contribution in [2.45, 2.75) is 12.8 Å². The Morgan fingerprint density at radius 3 is 3.17 bits per heavy atom. The summed E-state index contributed by atoms with van der Waals surface area (Å²) in [6.07, 6.45) is 5.68. The van der Waals surface area contributed by atoms with Crippen LogP contribution in [0.2, 0.25) is 0 Å². The highest BCUT2D eigenvalue weighted by atomic mass is 79.9. The SMILES string of the molecule is CN1CCCC(CNC(=O)c2cncc(Br)c2)C1. The number of likely N-dealkylation sites (tertiary alicyclic amines) is 1. The van der Waals surface area contributed by atoms with E-state index < -0.39 is 0 Å². The molecule has 0 radical (unpaired) electrons. The first-order chi connectivity index (χ1) is 8.65. The first-order valence-electron chi connectivity index (χ1n) is 6.22. The molecule has 18 heavy (non-hydrogen) atoms. The topological polar surface area (TPSA) is 45.2 Å². The molecule has 0 aromatic carbocycles. The molecule has 0 aliphatic carbocycles. The quantitative estimate of drug-likeness (QED) is 0.927. The molecule has 1 unspecified atom stereocenters. The van der Waals surface area contributed by atoms with Crippen molar-refractivity contribution in [2.24, 2.45) is 5.92 Å². The fraction of sp³-hybridized carbons (Fsp3) is 0.538. The van der Waals surface area contributed by atoms with Crippen LogP contribution in [0.4, 0.5) is 0 Å². The number of aromatic nitrogens is 1. The molecule has 1 aliphatic heterocycles. The number of hydrogen-bond donors (Lipinski definition) is 1. The van der Waals surface area contributed by atoms with Gasteiger partial charge < -0.3 is 10.2 Å². The predicted octanol–water partition coefficient (Wildman–Crippen LogP) is 1.92. The lowest BCUT2D eigenvalue weighted by Crippen LogP contribution is -2.39. The molecular weight excluding hydrogens is 294 g/mol. The maximum absolute atomic E-state index is 11.9. The van der Waals surface area contributed by atoms with Gasteiger partial charge >= 0.3 is 0 Å². The second-order valence-corrected chi connectivity index (χ2v) is 5.79. The molecule has 1 aliphatic rings. The van der Waals surface area contributed by atoms with Crippen LogP contribution in [-0.2, 0) is 0 Å². The van der Waals surface area contributed by atoms with Crippen molar-refractivity contribution >= 4 is 21.8 Å². The zero-order chi connectivity index (χ0) is 13.0. The fourth-order valence-electron chi connectivity index (χ4n) is 2.31. The number of carbonyl (C=O) groups is 1. The summed E-state index contributed by atoms with van der Waals surface area (Å²) >= 11 is 3.32. The van der Waals surface area contributed by atoms with E-state index in [9.17, 15) is 4.79 Å². The third kappa shape index (κ3) is 3.78. The zero-order valence-corrected chi connectivity index (χ0v) is 12.1. The molecule has 1 fully saturated rings.